The number of rotatable bonds is 5. The Morgan fingerprint density at radius 2 is 1.80 bits per heavy atom. The monoisotopic (exact) mass is 296 g/mol. The van der Waals surface area contributed by atoms with Crippen molar-refractivity contribution in [2.75, 3.05) is 0 Å². The lowest BCUT2D eigenvalue weighted by Gasteiger charge is -2.10. The van der Waals surface area contributed by atoms with E-state index in [0.29, 0.717) is 0 Å². The first-order chi connectivity index (χ1) is 9.22. The van der Waals surface area contributed by atoms with Gasteiger partial charge in [-0.3, -0.25) is 4.79 Å². The number of amides is 1. The molecule has 0 bridgehead atoms. The fraction of sp³-hybridized carbons (Fsp3) is 0.357. The molecule has 0 fully saturated rings. The first kappa shape index (κ1) is 16.4. The normalized spacial score (nSPS) is 13.7. The van der Waals surface area contributed by atoms with Crippen molar-refractivity contribution < 1.29 is 13.2 Å². The van der Waals surface area contributed by atoms with E-state index >= 15 is 0 Å². The van der Waals surface area contributed by atoms with E-state index in [2.05, 4.69) is 0 Å². The molecule has 1 rings (SSSR count). The molecule has 0 saturated carbocycles. The molecule has 20 heavy (non-hydrogen) atoms. The maximum absolute atomic E-state index is 11.9. The van der Waals surface area contributed by atoms with Gasteiger partial charge in [0.2, 0.25) is 0 Å². The molecular formula is C14H20N2O3S. The van der Waals surface area contributed by atoms with Crippen LogP contribution in [-0.2, 0) is 14.8 Å². The molecule has 0 spiro atoms. The number of hydrogen-bond donors (Lipinski definition) is 2. The minimum atomic E-state index is -3.84. The molecule has 1 aromatic rings. The number of benzene rings is 1. The SMILES string of the molecule is Cc1ccc(S(=O)(=O)NC(=O)/C=C/[C@@H](N)C(C)C)cc1. The van der Waals surface area contributed by atoms with E-state index in [1.165, 1.54) is 18.2 Å². The minimum Gasteiger partial charge on any atom is -0.324 e. The van der Waals surface area contributed by atoms with Crippen LogP contribution in [0.5, 0.6) is 0 Å². The van der Waals surface area contributed by atoms with Crippen LogP contribution in [0.25, 0.3) is 0 Å². The third-order valence-electron chi connectivity index (χ3n) is 2.81. The van der Waals surface area contributed by atoms with Gasteiger partial charge in [0.25, 0.3) is 15.9 Å². The first-order valence-corrected chi connectivity index (χ1v) is 7.78. The van der Waals surface area contributed by atoms with Crippen molar-refractivity contribution in [1.82, 2.24) is 4.72 Å². The summed E-state index contributed by atoms with van der Waals surface area (Å²) in [7, 11) is -3.84. The first-order valence-electron chi connectivity index (χ1n) is 6.29. The van der Waals surface area contributed by atoms with Crippen LogP contribution in [0.15, 0.2) is 41.3 Å². The summed E-state index contributed by atoms with van der Waals surface area (Å²) >= 11 is 0. The predicted octanol–water partition coefficient (Wildman–Crippen LogP) is 1.34. The summed E-state index contributed by atoms with van der Waals surface area (Å²) in [5, 5.41) is 0. The Kier molecular flexibility index (Phi) is 5.47. The molecule has 1 atom stereocenters. The number of carbonyl (C=O) groups excluding carboxylic acids is 1. The highest BCUT2D eigenvalue weighted by Gasteiger charge is 2.16. The molecule has 6 heteroatoms. The van der Waals surface area contributed by atoms with E-state index in [4.69, 9.17) is 5.73 Å². The van der Waals surface area contributed by atoms with Gasteiger partial charge >= 0.3 is 0 Å². The summed E-state index contributed by atoms with van der Waals surface area (Å²) in [6.45, 7) is 5.68. The maximum Gasteiger partial charge on any atom is 0.264 e. The van der Waals surface area contributed by atoms with Crippen molar-refractivity contribution in [3.63, 3.8) is 0 Å². The van der Waals surface area contributed by atoms with E-state index in [1.807, 2.05) is 25.5 Å². The van der Waals surface area contributed by atoms with E-state index < -0.39 is 15.9 Å². The van der Waals surface area contributed by atoms with Gasteiger partial charge in [-0.15, -0.1) is 0 Å². The van der Waals surface area contributed by atoms with E-state index in [0.717, 1.165) is 11.6 Å². The van der Waals surface area contributed by atoms with Crippen molar-refractivity contribution in [2.24, 2.45) is 11.7 Å². The zero-order valence-corrected chi connectivity index (χ0v) is 12.6. The van der Waals surface area contributed by atoms with Gasteiger partial charge in [0, 0.05) is 12.1 Å². The number of aryl methyl sites for hydroxylation is 1. The van der Waals surface area contributed by atoms with Crippen LogP contribution in [-0.4, -0.2) is 20.4 Å². The van der Waals surface area contributed by atoms with Crippen molar-refractivity contribution in [3.05, 3.63) is 42.0 Å². The molecule has 0 heterocycles. The quantitative estimate of drug-likeness (QED) is 0.802. The topological polar surface area (TPSA) is 89.3 Å². The summed E-state index contributed by atoms with van der Waals surface area (Å²) in [4.78, 5) is 11.6. The summed E-state index contributed by atoms with van der Waals surface area (Å²) < 4.78 is 25.8. The molecule has 1 amide bonds. The van der Waals surface area contributed by atoms with Crippen LogP contribution in [0, 0.1) is 12.8 Å². The third-order valence-corrected chi connectivity index (χ3v) is 4.17. The molecule has 0 unspecified atom stereocenters. The third kappa shape index (κ3) is 4.79. The van der Waals surface area contributed by atoms with Gasteiger partial charge in [0.1, 0.15) is 0 Å². The van der Waals surface area contributed by atoms with Gasteiger partial charge in [0.15, 0.2) is 0 Å². The van der Waals surface area contributed by atoms with E-state index in [-0.39, 0.29) is 16.9 Å². The molecule has 1 aromatic carbocycles. The zero-order chi connectivity index (χ0) is 15.3. The second-order valence-electron chi connectivity index (χ2n) is 4.96. The predicted molar refractivity (Wildman–Crippen MR) is 78.5 cm³/mol. The lowest BCUT2D eigenvalue weighted by atomic mass is 10.1. The van der Waals surface area contributed by atoms with Gasteiger partial charge < -0.3 is 5.73 Å². The van der Waals surface area contributed by atoms with Crippen molar-refractivity contribution in [1.29, 1.82) is 0 Å². The van der Waals surface area contributed by atoms with Gasteiger partial charge in [-0.1, -0.05) is 37.6 Å². The number of nitrogens with two attached hydrogens (primary N) is 1. The molecule has 0 aliphatic heterocycles. The maximum atomic E-state index is 11.9. The molecule has 110 valence electrons. The number of nitrogens with one attached hydrogen (secondary N) is 1. The largest absolute Gasteiger partial charge is 0.324 e. The smallest absolute Gasteiger partial charge is 0.264 e. The molecule has 0 aromatic heterocycles. The van der Waals surface area contributed by atoms with Crippen LogP contribution in [0.1, 0.15) is 19.4 Å². The Hall–Kier alpha value is -1.66. The van der Waals surface area contributed by atoms with Crippen LogP contribution < -0.4 is 10.5 Å². The van der Waals surface area contributed by atoms with Gasteiger partial charge in [-0.05, 0) is 25.0 Å². The fourth-order valence-electron chi connectivity index (χ4n) is 1.36. The standard InChI is InChI=1S/C14H20N2O3S/c1-10(2)13(15)8-9-14(17)16-20(18,19)12-6-4-11(3)5-7-12/h4-10,13H,15H2,1-3H3,(H,16,17)/b9-8+/t13-/m1/s1. The number of carbonyl (C=O) groups is 1. The molecule has 0 aliphatic carbocycles. The zero-order valence-electron chi connectivity index (χ0n) is 11.8. The summed E-state index contributed by atoms with van der Waals surface area (Å²) in [5.74, 6) is -0.533. The van der Waals surface area contributed by atoms with Crippen molar-refractivity contribution >= 4 is 15.9 Å². The highest BCUT2D eigenvalue weighted by molar-refractivity contribution is 7.90. The molecular weight excluding hydrogens is 276 g/mol. The minimum absolute atomic E-state index is 0.0537. The van der Waals surface area contributed by atoms with Gasteiger partial charge in [-0.2, -0.15) is 0 Å². The van der Waals surface area contributed by atoms with Crippen LogP contribution >= 0.6 is 0 Å². The second-order valence-corrected chi connectivity index (χ2v) is 6.65. The summed E-state index contributed by atoms with van der Waals surface area (Å²) in [6, 6.07) is 5.96. The van der Waals surface area contributed by atoms with Gasteiger partial charge in [-0.25, -0.2) is 13.1 Å². The van der Waals surface area contributed by atoms with Crippen LogP contribution in [0.3, 0.4) is 0 Å². The summed E-state index contributed by atoms with van der Waals surface area (Å²) in [5.41, 5.74) is 6.68. The molecule has 3 N–H and O–H groups in total. The molecule has 0 radical (unpaired) electrons. The van der Waals surface area contributed by atoms with Crippen LogP contribution in [0.2, 0.25) is 0 Å². The highest BCUT2D eigenvalue weighted by Crippen LogP contribution is 2.09. The Labute approximate surface area is 119 Å². The lowest BCUT2D eigenvalue weighted by Crippen LogP contribution is -2.30. The molecule has 0 aliphatic rings. The average Bonchev–Trinajstić information content (AvgIpc) is 2.35. The van der Waals surface area contributed by atoms with Crippen molar-refractivity contribution in [3.8, 4) is 0 Å². The summed E-state index contributed by atoms with van der Waals surface area (Å²) in [6.07, 6.45) is 2.64. The Morgan fingerprint density at radius 1 is 1.25 bits per heavy atom. The van der Waals surface area contributed by atoms with Crippen LogP contribution in [0.4, 0.5) is 0 Å². The fourth-order valence-corrected chi connectivity index (χ4v) is 2.31. The Morgan fingerprint density at radius 3 is 2.30 bits per heavy atom. The van der Waals surface area contributed by atoms with E-state index in [9.17, 15) is 13.2 Å². The Bertz CT molecular complexity index is 589. The average molecular weight is 296 g/mol. The van der Waals surface area contributed by atoms with E-state index in [1.54, 1.807) is 12.1 Å². The number of sulfonamides is 1. The Balaban J connectivity index is 2.76. The number of hydrogen-bond acceptors (Lipinski definition) is 4. The van der Waals surface area contributed by atoms with Gasteiger partial charge in [0.05, 0.1) is 4.90 Å². The van der Waals surface area contributed by atoms with Crippen molar-refractivity contribution in [2.45, 2.75) is 31.7 Å². The highest BCUT2D eigenvalue weighted by atomic mass is 32.2. The lowest BCUT2D eigenvalue weighted by molar-refractivity contribution is -0.114. The molecule has 5 nitrogen and oxygen atoms in total. The molecule has 0 saturated heterocycles. The second kappa shape index (κ2) is 6.67.